The topological polar surface area (TPSA) is 50.8 Å². The van der Waals surface area contributed by atoms with Crippen LogP contribution < -0.4 is 4.74 Å². The summed E-state index contributed by atoms with van der Waals surface area (Å²) in [7, 11) is 1.63. The molecule has 3 rings (SSSR count). The summed E-state index contributed by atoms with van der Waals surface area (Å²) in [6, 6.07) is 7.82. The number of H-pyrrole nitrogens is 1. The first-order valence-electron chi connectivity index (χ1n) is 5.31. The molecule has 0 radical (unpaired) electrons. The molecular formula is C13H11N3O. The third-order valence-electron chi connectivity index (χ3n) is 2.71. The number of aromatic nitrogens is 3. The van der Waals surface area contributed by atoms with Gasteiger partial charge in [0, 0.05) is 23.3 Å². The second-order valence-electron chi connectivity index (χ2n) is 3.68. The number of fused-ring (bicyclic) bond motifs is 1. The maximum absolute atomic E-state index is 5.10. The molecule has 1 N–H and O–H groups in total. The molecule has 84 valence electrons. The zero-order valence-corrected chi connectivity index (χ0v) is 9.34. The number of nitrogens with one attached hydrogen (secondary N) is 1. The third kappa shape index (κ3) is 1.63. The molecule has 4 nitrogen and oxygen atoms in total. The van der Waals surface area contributed by atoms with Gasteiger partial charge in [-0.2, -0.15) is 0 Å². The van der Waals surface area contributed by atoms with E-state index in [0.29, 0.717) is 0 Å². The van der Waals surface area contributed by atoms with Gasteiger partial charge in [-0.3, -0.25) is 4.98 Å². The van der Waals surface area contributed by atoms with Gasteiger partial charge in [0.15, 0.2) is 0 Å². The number of methoxy groups -OCH3 is 1. The Hall–Kier alpha value is -2.36. The number of aromatic amines is 1. The Labute approximate surface area is 98.3 Å². The molecule has 0 bridgehead atoms. The average Bonchev–Trinajstić information content (AvgIpc) is 2.87. The molecule has 0 unspecified atom stereocenters. The van der Waals surface area contributed by atoms with Crippen LogP contribution in [0.15, 0.2) is 42.9 Å². The Morgan fingerprint density at radius 1 is 1.12 bits per heavy atom. The summed E-state index contributed by atoms with van der Waals surface area (Å²) in [5.41, 5.74) is 2.86. The predicted octanol–water partition coefficient (Wildman–Crippen LogP) is 2.63. The van der Waals surface area contributed by atoms with Gasteiger partial charge in [-0.25, -0.2) is 4.98 Å². The molecule has 0 saturated heterocycles. The lowest BCUT2D eigenvalue weighted by molar-refractivity contribution is 0.413. The van der Waals surface area contributed by atoms with Crippen molar-refractivity contribution < 1.29 is 4.74 Å². The highest BCUT2D eigenvalue weighted by Crippen LogP contribution is 2.26. The van der Waals surface area contributed by atoms with Crippen molar-refractivity contribution in [2.24, 2.45) is 0 Å². The molecule has 0 aliphatic heterocycles. The molecule has 0 aromatic carbocycles. The van der Waals surface area contributed by atoms with Crippen molar-refractivity contribution in [3.63, 3.8) is 0 Å². The van der Waals surface area contributed by atoms with Crippen LogP contribution in [0.25, 0.3) is 22.3 Å². The van der Waals surface area contributed by atoms with Crippen molar-refractivity contribution in [1.82, 2.24) is 15.0 Å². The van der Waals surface area contributed by atoms with E-state index >= 15 is 0 Å². The van der Waals surface area contributed by atoms with Crippen molar-refractivity contribution >= 4 is 11.0 Å². The van der Waals surface area contributed by atoms with E-state index in [4.69, 9.17) is 4.74 Å². The van der Waals surface area contributed by atoms with E-state index in [1.54, 1.807) is 19.5 Å². The highest BCUT2D eigenvalue weighted by atomic mass is 16.5. The molecule has 0 aliphatic carbocycles. The first kappa shape index (κ1) is 9.84. The summed E-state index contributed by atoms with van der Waals surface area (Å²) in [6.07, 6.45) is 5.37. The minimum absolute atomic E-state index is 0.758. The maximum atomic E-state index is 5.10. The highest BCUT2D eigenvalue weighted by molar-refractivity contribution is 5.91. The molecular weight excluding hydrogens is 214 g/mol. The van der Waals surface area contributed by atoms with Crippen LogP contribution in [-0.2, 0) is 0 Å². The molecule has 0 amide bonds. The number of nitrogens with zero attached hydrogens (tertiary/aromatic N) is 2. The van der Waals surface area contributed by atoms with Gasteiger partial charge in [0.05, 0.1) is 19.0 Å². The fourth-order valence-corrected chi connectivity index (χ4v) is 1.84. The highest BCUT2D eigenvalue weighted by Gasteiger charge is 2.06. The molecule has 17 heavy (non-hydrogen) atoms. The van der Waals surface area contributed by atoms with E-state index in [9.17, 15) is 0 Å². The van der Waals surface area contributed by atoms with Gasteiger partial charge < -0.3 is 9.72 Å². The molecule has 0 fully saturated rings. The zero-order valence-electron chi connectivity index (χ0n) is 9.34. The van der Waals surface area contributed by atoms with Gasteiger partial charge in [0.2, 0.25) is 0 Å². The third-order valence-corrected chi connectivity index (χ3v) is 2.71. The van der Waals surface area contributed by atoms with Crippen LogP contribution in [0.5, 0.6) is 5.75 Å². The van der Waals surface area contributed by atoms with E-state index in [0.717, 1.165) is 28.0 Å². The molecule has 3 aromatic heterocycles. The largest absolute Gasteiger partial charge is 0.495 e. The fourth-order valence-electron chi connectivity index (χ4n) is 1.84. The van der Waals surface area contributed by atoms with Gasteiger partial charge in [0.1, 0.15) is 11.4 Å². The molecule has 3 aromatic rings. The van der Waals surface area contributed by atoms with E-state index in [-0.39, 0.29) is 0 Å². The lowest BCUT2D eigenvalue weighted by atomic mass is 10.1. The van der Waals surface area contributed by atoms with Crippen molar-refractivity contribution in [1.29, 1.82) is 0 Å². The van der Waals surface area contributed by atoms with Crippen LogP contribution in [0.1, 0.15) is 0 Å². The lowest BCUT2D eigenvalue weighted by Crippen LogP contribution is -1.88. The predicted molar refractivity (Wildman–Crippen MR) is 65.9 cm³/mol. The summed E-state index contributed by atoms with van der Waals surface area (Å²) in [6.45, 7) is 0. The van der Waals surface area contributed by atoms with Crippen LogP contribution in [-0.4, -0.2) is 22.1 Å². The van der Waals surface area contributed by atoms with Crippen LogP contribution >= 0.6 is 0 Å². The van der Waals surface area contributed by atoms with Gasteiger partial charge >= 0.3 is 0 Å². The fraction of sp³-hybridized carbons (Fsp3) is 0.0769. The molecule has 3 heterocycles. The Kier molecular flexibility index (Phi) is 2.26. The van der Waals surface area contributed by atoms with Gasteiger partial charge in [-0.1, -0.05) is 0 Å². The summed E-state index contributed by atoms with van der Waals surface area (Å²) >= 11 is 0. The molecule has 4 heteroatoms. The van der Waals surface area contributed by atoms with Crippen LogP contribution in [0.4, 0.5) is 0 Å². The van der Waals surface area contributed by atoms with Crippen LogP contribution in [0.2, 0.25) is 0 Å². The van der Waals surface area contributed by atoms with Gasteiger partial charge in [-0.05, 0) is 24.3 Å². The number of hydrogen-bond donors (Lipinski definition) is 1. The van der Waals surface area contributed by atoms with Crippen molar-refractivity contribution in [2.45, 2.75) is 0 Å². The monoisotopic (exact) mass is 225 g/mol. The van der Waals surface area contributed by atoms with Crippen molar-refractivity contribution in [3.8, 4) is 17.0 Å². The SMILES string of the molecule is COc1ccc(-c2ccnc3[nH]ccc23)nc1. The Bertz CT molecular complexity index is 643. The molecule has 0 aliphatic rings. The first-order valence-corrected chi connectivity index (χ1v) is 5.31. The normalized spacial score (nSPS) is 10.6. The number of ether oxygens (including phenoxy) is 1. The van der Waals surface area contributed by atoms with E-state index < -0.39 is 0 Å². The molecule has 0 spiro atoms. The van der Waals surface area contributed by atoms with E-state index in [2.05, 4.69) is 15.0 Å². The van der Waals surface area contributed by atoms with Crippen LogP contribution in [0, 0.1) is 0 Å². The first-order chi connectivity index (χ1) is 8.38. The van der Waals surface area contributed by atoms with E-state index in [1.807, 2.05) is 30.5 Å². The summed E-state index contributed by atoms with van der Waals surface area (Å²) in [4.78, 5) is 11.7. The Balaban J connectivity index is 2.16. The smallest absolute Gasteiger partial charge is 0.137 e. The standard InChI is InChI=1S/C13H11N3O/c1-17-9-2-3-12(16-8-9)10-4-6-14-13-11(10)5-7-15-13/h2-8H,1H3,(H,14,15). The maximum Gasteiger partial charge on any atom is 0.137 e. The Morgan fingerprint density at radius 2 is 2.06 bits per heavy atom. The second kappa shape index (κ2) is 3.90. The minimum atomic E-state index is 0.758. The lowest BCUT2D eigenvalue weighted by Gasteiger charge is -2.03. The molecule has 0 saturated carbocycles. The van der Waals surface area contributed by atoms with Crippen molar-refractivity contribution in [2.75, 3.05) is 7.11 Å². The number of pyridine rings is 2. The Morgan fingerprint density at radius 3 is 2.82 bits per heavy atom. The number of rotatable bonds is 2. The summed E-state index contributed by atoms with van der Waals surface area (Å²) < 4.78 is 5.10. The summed E-state index contributed by atoms with van der Waals surface area (Å²) in [5, 5.41) is 1.07. The second-order valence-corrected chi connectivity index (χ2v) is 3.68. The quantitative estimate of drug-likeness (QED) is 0.729. The van der Waals surface area contributed by atoms with E-state index in [1.165, 1.54) is 0 Å². The minimum Gasteiger partial charge on any atom is -0.495 e. The summed E-state index contributed by atoms with van der Waals surface area (Å²) in [5.74, 6) is 0.758. The van der Waals surface area contributed by atoms with Crippen molar-refractivity contribution in [3.05, 3.63) is 42.9 Å². The van der Waals surface area contributed by atoms with Gasteiger partial charge in [0.25, 0.3) is 0 Å². The molecule has 0 atom stereocenters. The number of hydrogen-bond acceptors (Lipinski definition) is 3. The van der Waals surface area contributed by atoms with Crippen LogP contribution in [0.3, 0.4) is 0 Å². The zero-order chi connectivity index (χ0) is 11.7. The van der Waals surface area contributed by atoms with Gasteiger partial charge in [-0.15, -0.1) is 0 Å². The average molecular weight is 225 g/mol.